The van der Waals surface area contributed by atoms with Gasteiger partial charge in [0, 0.05) is 30.4 Å². The van der Waals surface area contributed by atoms with E-state index >= 15 is 0 Å². The average molecular weight is 442 g/mol. The molecular weight excluding hydrogens is 418 g/mol. The van der Waals surface area contributed by atoms with Gasteiger partial charge >= 0.3 is 0 Å². The Labute approximate surface area is 183 Å². The smallest absolute Gasteiger partial charge is 0.236 e. The van der Waals surface area contributed by atoms with Crippen LogP contribution in [0.2, 0.25) is 0 Å². The second-order valence-corrected chi connectivity index (χ2v) is 9.01. The van der Waals surface area contributed by atoms with E-state index in [1.54, 1.807) is 18.5 Å². The molecule has 1 fully saturated rings. The van der Waals surface area contributed by atoms with Crippen LogP contribution in [-0.4, -0.2) is 41.6 Å². The van der Waals surface area contributed by atoms with Crippen LogP contribution in [0.25, 0.3) is 11.4 Å². The van der Waals surface area contributed by atoms with Crippen molar-refractivity contribution in [2.45, 2.75) is 49.7 Å². The molecule has 30 heavy (non-hydrogen) atoms. The molecule has 4 rings (SSSR count). The summed E-state index contributed by atoms with van der Waals surface area (Å²) in [6, 6.07) is 3.76. The third-order valence-corrected chi connectivity index (χ3v) is 6.91. The first kappa shape index (κ1) is 20.7. The summed E-state index contributed by atoms with van der Waals surface area (Å²) in [7, 11) is 0. The standard InChI is InChI=1S/C20H23N7OS2/c1-2-12-27-17(14-8-10-21-11-9-14)23-26-20(27)29-13-16(28)22-19-25-24-18(30-19)15-6-4-3-5-7-15/h2,8-11,15H,1,3-7,12-13H2,(H,22,25,28). The van der Waals surface area contributed by atoms with Crippen molar-refractivity contribution in [2.75, 3.05) is 11.1 Å². The van der Waals surface area contributed by atoms with Gasteiger partial charge in [-0.25, -0.2) is 0 Å². The van der Waals surface area contributed by atoms with Crippen molar-refractivity contribution in [1.82, 2.24) is 29.9 Å². The van der Waals surface area contributed by atoms with Crippen molar-refractivity contribution in [3.05, 3.63) is 42.2 Å². The summed E-state index contributed by atoms with van der Waals surface area (Å²) in [4.78, 5) is 16.5. The quantitative estimate of drug-likeness (QED) is 0.414. The van der Waals surface area contributed by atoms with Gasteiger partial charge in [0.05, 0.1) is 5.75 Å². The molecule has 1 amide bonds. The fourth-order valence-electron chi connectivity index (χ4n) is 3.49. The van der Waals surface area contributed by atoms with E-state index in [1.807, 2.05) is 16.7 Å². The van der Waals surface area contributed by atoms with Gasteiger partial charge in [0.15, 0.2) is 11.0 Å². The highest BCUT2D eigenvalue weighted by Crippen LogP contribution is 2.35. The Kier molecular flexibility index (Phi) is 6.85. The minimum absolute atomic E-state index is 0.134. The predicted octanol–water partition coefficient (Wildman–Crippen LogP) is 4.16. The molecule has 3 heterocycles. The van der Waals surface area contributed by atoms with Gasteiger partial charge in [0.25, 0.3) is 0 Å². The highest BCUT2D eigenvalue weighted by Gasteiger charge is 2.20. The molecule has 0 spiro atoms. The molecule has 1 aliphatic carbocycles. The zero-order valence-corrected chi connectivity index (χ0v) is 18.2. The van der Waals surface area contributed by atoms with Gasteiger partial charge in [0.2, 0.25) is 11.0 Å². The minimum Gasteiger partial charge on any atom is -0.300 e. The Morgan fingerprint density at radius 3 is 2.77 bits per heavy atom. The summed E-state index contributed by atoms with van der Waals surface area (Å²) in [5.74, 6) is 1.29. The summed E-state index contributed by atoms with van der Waals surface area (Å²) in [5, 5.41) is 22.1. The number of nitrogens with zero attached hydrogens (tertiary/aromatic N) is 6. The number of anilines is 1. The van der Waals surface area contributed by atoms with Crippen molar-refractivity contribution < 1.29 is 4.79 Å². The molecular formula is C20H23N7OS2. The molecule has 0 aromatic carbocycles. The van der Waals surface area contributed by atoms with Crippen molar-refractivity contribution in [3.63, 3.8) is 0 Å². The summed E-state index contributed by atoms with van der Waals surface area (Å²) < 4.78 is 1.94. The van der Waals surface area contributed by atoms with Gasteiger partial charge in [-0.15, -0.1) is 27.0 Å². The van der Waals surface area contributed by atoms with E-state index in [1.165, 1.54) is 42.4 Å². The van der Waals surface area contributed by atoms with Crippen LogP contribution in [0, 0.1) is 0 Å². The van der Waals surface area contributed by atoms with E-state index in [9.17, 15) is 4.79 Å². The Hall–Kier alpha value is -2.59. The highest BCUT2D eigenvalue weighted by molar-refractivity contribution is 7.99. The van der Waals surface area contributed by atoms with Crippen LogP contribution in [0.15, 0.2) is 42.3 Å². The lowest BCUT2D eigenvalue weighted by atomic mass is 9.90. The molecule has 0 unspecified atom stereocenters. The number of thioether (sulfide) groups is 1. The maximum absolute atomic E-state index is 12.4. The number of carbonyl (C=O) groups excluding carboxylic acids is 1. The van der Waals surface area contributed by atoms with Crippen molar-refractivity contribution in [1.29, 1.82) is 0 Å². The van der Waals surface area contributed by atoms with Crippen LogP contribution >= 0.6 is 23.1 Å². The molecule has 8 nitrogen and oxygen atoms in total. The van der Waals surface area contributed by atoms with Crippen molar-refractivity contribution in [2.24, 2.45) is 0 Å². The number of hydrogen-bond donors (Lipinski definition) is 1. The lowest BCUT2D eigenvalue weighted by Gasteiger charge is -2.18. The number of aromatic nitrogens is 6. The van der Waals surface area contributed by atoms with Gasteiger partial charge in [-0.2, -0.15) is 0 Å². The molecule has 1 aliphatic rings. The summed E-state index contributed by atoms with van der Waals surface area (Å²) >= 11 is 2.82. The summed E-state index contributed by atoms with van der Waals surface area (Å²) in [6.45, 7) is 4.36. The monoisotopic (exact) mass is 441 g/mol. The molecule has 0 bridgehead atoms. The number of hydrogen-bond acceptors (Lipinski definition) is 8. The number of nitrogens with one attached hydrogen (secondary N) is 1. The van der Waals surface area contributed by atoms with Crippen LogP contribution in [0.4, 0.5) is 5.13 Å². The number of rotatable bonds is 8. The lowest BCUT2D eigenvalue weighted by molar-refractivity contribution is -0.113. The molecule has 0 radical (unpaired) electrons. The molecule has 156 valence electrons. The van der Waals surface area contributed by atoms with Gasteiger partial charge < -0.3 is 0 Å². The van der Waals surface area contributed by atoms with Crippen LogP contribution in [0.1, 0.15) is 43.0 Å². The Balaban J connectivity index is 1.37. The largest absolute Gasteiger partial charge is 0.300 e. The van der Waals surface area contributed by atoms with E-state index < -0.39 is 0 Å². The van der Waals surface area contributed by atoms with Crippen LogP contribution in [-0.2, 0) is 11.3 Å². The average Bonchev–Trinajstić information content (AvgIpc) is 3.41. The first-order valence-corrected chi connectivity index (χ1v) is 11.8. The molecule has 0 aliphatic heterocycles. The van der Waals surface area contributed by atoms with Gasteiger partial charge in [-0.1, -0.05) is 48.4 Å². The number of amides is 1. The first-order valence-electron chi connectivity index (χ1n) is 9.95. The molecule has 10 heteroatoms. The highest BCUT2D eigenvalue weighted by atomic mass is 32.2. The second kappa shape index (κ2) is 9.94. The summed E-state index contributed by atoms with van der Waals surface area (Å²) in [6.07, 6.45) is 11.3. The molecule has 3 aromatic rings. The Morgan fingerprint density at radius 2 is 2.00 bits per heavy atom. The molecule has 0 saturated heterocycles. The minimum atomic E-state index is -0.134. The fraction of sp³-hybridized carbons (Fsp3) is 0.400. The van der Waals surface area contributed by atoms with Crippen molar-refractivity contribution in [3.8, 4) is 11.4 Å². The van der Waals surface area contributed by atoms with Crippen LogP contribution in [0.3, 0.4) is 0 Å². The fourth-order valence-corrected chi connectivity index (χ4v) is 5.17. The summed E-state index contributed by atoms with van der Waals surface area (Å²) in [5.41, 5.74) is 0.916. The zero-order chi connectivity index (χ0) is 20.8. The maximum atomic E-state index is 12.4. The van der Waals surface area contributed by atoms with Gasteiger partial charge in [0.1, 0.15) is 5.01 Å². The van der Waals surface area contributed by atoms with E-state index in [4.69, 9.17) is 0 Å². The Morgan fingerprint density at radius 1 is 1.20 bits per heavy atom. The zero-order valence-electron chi connectivity index (χ0n) is 16.5. The maximum Gasteiger partial charge on any atom is 0.236 e. The number of pyridine rings is 1. The van der Waals surface area contributed by atoms with Crippen molar-refractivity contribution >= 4 is 34.1 Å². The van der Waals surface area contributed by atoms with E-state index in [-0.39, 0.29) is 11.7 Å². The molecule has 1 N–H and O–H groups in total. The Bertz CT molecular complexity index is 996. The van der Waals surface area contributed by atoms with Gasteiger partial charge in [-0.05, 0) is 25.0 Å². The molecule has 1 saturated carbocycles. The molecule has 3 aromatic heterocycles. The molecule has 0 atom stereocenters. The second-order valence-electron chi connectivity index (χ2n) is 7.06. The number of allylic oxidation sites excluding steroid dienone is 1. The SMILES string of the molecule is C=CCn1c(SCC(=O)Nc2nnc(C3CCCCC3)s2)nnc1-c1ccncc1. The van der Waals surface area contributed by atoms with Crippen LogP contribution in [0.5, 0.6) is 0 Å². The topological polar surface area (TPSA) is 98.5 Å². The predicted molar refractivity (Wildman–Crippen MR) is 119 cm³/mol. The van der Waals surface area contributed by atoms with E-state index in [0.717, 1.165) is 29.2 Å². The van der Waals surface area contributed by atoms with E-state index in [0.29, 0.717) is 22.8 Å². The third kappa shape index (κ3) is 4.93. The first-order chi connectivity index (χ1) is 14.7. The number of carbonyl (C=O) groups is 1. The third-order valence-electron chi connectivity index (χ3n) is 4.94. The van der Waals surface area contributed by atoms with Crippen LogP contribution < -0.4 is 5.32 Å². The lowest BCUT2D eigenvalue weighted by Crippen LogP contribution is -2.14. The normalized spacial score (nSPS) is 14.5. The van der Waals surface area contributed by atoms with E-state index in [2.05, 4.69) is 37.3 Å². The van der Waals surface area contributed by atoms with Gasteiger partial charge in [-0.3, -0.25) is 19.7 Å².